The summed E-state index contributed by atoms with van der Waals surface area (Å²) in [5.41, 5.74) is -2.72. The lowest BCUT2D eigenvalue weighted by Crippen LogP contribution is -2.48. The molecule has 1 aromatic heterocycles. The summed E-state index contributed by atoms with van der Waals surface area (Å²) in [4.78, 5) is 16.8. The van der Waals surface area contributed by atoms with E-state index in [0.29, 0.717) is 6.07 Å². The molecule has 0 spiro atoms. The van der Waals surface area contributed by atoms with Crippen LogP contribution in [0.3, 0.4) is 0 Å². The van der Waals surface area contributed by atoms with Gasteiger partial charge in [0, 0.05) is 11.8 Å². The molecular formula is C20H18Cl2F4N2O2. The normalized spacial score (nSPS) is 23.1. The average Bonchev–Trinajstić information content (AvgIpc) is 2.68. The monoisotopic (exact) mass is 464 g/mol. The first-order chi connectivity index (χ1) is 14.0. The molecule has 0 radical (unpaired) electrons. The number of hydrogen-bond acceptors (Lipinski definition) is 3. The Kier molecular flexibility index (Phi) is 6.60. The molecule has 1 aliphatic rings. The maximum atomic E-state index is 13.6. The standard InChI is InChI=1S/C20H18Cl2F4N2O2/c21-15-4-3-11(20(24,25)26)10-14(15)18(29)28-16(13-2-1-9-27-17(13)22)19(30)7-5-12(23)6-8-19/h1-4,9-10,12,16,30H,5-8H2,(H,28,29)/t12-,16?,19+. The number of nitrogens with one attached hydrogen (secondary N) is 1. The van der Waals surface area contributed by atoms with Crippen molar-refractivity contribution in [1.82, 2.24) is 10.3 Å². The highest BCUT2D eigenvalue weighted by molar-refractivity contribution is 6.34. The number of carbonyl (C=O) groups is 1. The number of amides is 1. The molecule has 1 fully saturated rings. The zero-order valence-corrected chi connectivity index (χ0v) is 17.0. The van der Waals surface area contributed by atoms with Crippen LogP contribution >= 0.6 is 23.2 Å². The largest absolute Gasteiger partial charge is 0.416 e. The highest BCUT2D eigenvalue weighted by Crippen LogP contribution is 2.41. The van der Waals surface area contributed by atoms with Gasteiger partial charge in [-0.3, -0.25) is 4.79 Å². The molecule has 2 N–H and O–H groups in total. The van der Waals surface area contributed by atoms with E-state index in [2.05, 4.69) is 10.3 Å². The lowest BCUT2D eigenvalue weighted by atomic mass is 9.76. The summed E-state index contributed by atoms with van der Waals surface area (Å²) in [6, 6.07) is 4.35. The molecule has 1 aromatic carbocycles. The van der Waals surface area contributed by atoms with Crippen molar-refractivity contribution in [3.63, 3.8) is 0 Å². The van der Waals surface area contributed by atoms with Gasteiger partial charge in [-0.05, 0) is 49.9 Å². The van der Waals surface area contributed by atoms with Gasteiger partial charge in [-0.15, -0.1) is 0 Å². The number of carbonyl (C=O) groups excluding carboxylic acids is 1. The van der Waals surface area contributed by atoms with Crippen molar-refractivity contribution in [1.29, 1.82) is 0 Å². The maximum Gasteiger partial charge on any atom is 0.416 e. The van der Waals surface area contributed by atoms with Crippen LogP contribution in [0.25, 0.3) is 0 Å². The molecule has 1 unspecified atom stereocenters. The summed E-state index contributed by atoms with van der Waals surface area (Å²) in [6.07, 6.45) is -4.12. The van der Waals surface area contributed by atoms with Crippen LogP contribution in [-0.2, 0) is 6.18 Å². The molecule has 1 atom stereocenters. The fourth-order valence-corrected chi connectivity index (χ4v) is 4.00. The van der Waals surface area contributed by atoms with Gasteiger partial charge in [0.05, 0.1) is 27.8 Å². The number of aliphatic hydroxyl groups is 1. The van der Waals surface area contributed by atoms with Crippen molar-refractivity contribution < 1.29 is 27.5 Å². The first-order valence-corrected chi connectivity index (χ1v) is 9.91. The van der Waals surface area contributed by atoms with Crippen LogP contribution in [0.5, 0.6) is 0 Å². The van der Waals surface area contributed by atoms with E-state index in [-0.39, 0.29) is 41.4 Å². The van der Waals surface area contributed by atoms with E-state index in [1.54, 1.807) is 6.07 Å². The summed E-state index contributed by atoms with van der Waals surface area (Å²) in [7, 11) is 0. The van der Waals surface area contributed by atoms with Gasteiger partial charge in [0.2, 0.25) is 0 Å². The van der Waals surface area contributed by atoms with Gasteiger partial charge in [-0.1, -0.05) is 29.3 Å². The Bertz CT molecular complexity index is 931. The molecule has 10 heteroatoms. The van der Waals surface area contributed by atoms with E-state index in [9.17, 15) is 27.5 Å². The number of nitrogens with zero attached hydrogens (tertiary/aromatic N) is 1. The molecule has 1 heterocycles. The molecule has 1 amide bonds. The van der Waals surface area contributed by atoms with Crippen molar-refractivity contribution >= 4 is 29.1 Å². The predicted molar refractivity (Wildman–Crippen MR) is 104 cm³/mol. The van der Waals surface area contributed by atoms with Crippen LogP contribution in [0, 0.1) is 0 Å². The highest BCUT2D eigenvalue weighted by Gasteiger charge is 2.43. The topological polar surface area (TPSA) is 62.2 Å². The second-order valence-electron chi connectivity index (χ2n) is 7.26. The van der Waals surface area contributed by atoms with Crippen molar-refractivity contribution in [2.75, 3.05) is 0 Å². The third-order valence-corrected chi connectivity index (χ3v) is 5.88. The lowest BCUT2D eigenvalue weighted by molar-refractivity contribution is -0.137. The van der Waals surface area contributed by atoms with Crippen LogP contribution in [0.2, 0.25) is 10.2 Å². The molecule has 162 valence electrons. The first-order valence-electron chi connectivity index (χ1n) is 9.16. The van der Waals surface area contributed by atoms with Gasteiger partial charge in [0.15, 0.2) is 0 Å². The zero-order valence-electron chi connectivity index (χ0n) is 15.5. The third-order valence-electron chi connectivity index (χ3n) is 5.23. The summed E-state index contributed by atoms with van der Waals surface area (Å²) in [6.45, 7) is 0. The molecule has 2 aromatic rings. The smallest absolute Gasteiger partial charge is 0.387 e. The van der Waals surface area contributed by atoms with Crippen LogP contribution in [0.4, 0.5) is 17.6 Å². The summed E-state index contributed by atoms with van der Waals surface area (Å²) in [5, 5.41) is 13.6. The second-order valence-corrected chi connectivity index (χ2v) is 8.03. The van der Waals surface area contributed by atoms with Crippen molar-refractivity contribution in [2.45, 2.75) is 49.7 Å². The SMILES string of the molecule is O=C(NC(c1cccnc1Cl)[C@]1(O)CC[C@@H](F)CC1)c1cc(C(F)(F)F)ccc1Cl. The minimum Gasteiger partial charge on any atom is -0.387 e. The van der Waals surface area contributed by atoms with Gasteiger partial charge in [-0.2, -0.15) is 13.2 Å². The van der Waals surface area contributed by atoms with Gasteiger partial charge in [-0.25, -0.2) is 9.37 Å². The van der Waals surface area contributed by atoms with Crippen molar-refractivity contribution in [3.8, 4) is 0 Å². The molecule has 0 saturated heterocycles. The molecule has 0 aliphatic heterocycles. The lowest BCUT2D eigenvalue weighted by Gasteiger charge is -2.40. The number of rotatable bonds is 4. The Morgan fingerprint density at radius 3 is 2.50 bits per heavy atom. The van der Waals surface area contributed by atoms with Crippen molar-refractivity contribution in [2.24, 2.45) is 0 Å². The van der Waals surface area contributed by atoms with E-state index < -0.39 is 41.0 Å². The van der Waals surface area contributed by atoms with Gasteiger partial charge < -0.3 is 10.4 Å². The Hall–Kier alpha value is -1.90. The van der Waals surface area contributed by atoms with Gasteiger partial charge in [0.25, 0.3) is 5.91 Å². The summed E-state index contributed by atoms with van der Waals surface area (Å²) in [5.74, 6) is -0.924. The Morgan fingerprint density at radius 2 is 1.90 bits per heavy atom. The second kappa shape index (κ2) is 8.69. The third kappa shape index (κ3) is 4.87. The summed E-state index contributed by atoms with van der Waals surface area (Å²) >= 11 is 12.1. The number of benzene rings is 1. The maximum absolute atomic E-state index is 13.6. The Morgan fingerprint density at radius 1 is 1.23 bits per heavy atom. The van der Waals surface area contributed by atoms with E-state index in [4.69, 9.17) is 23.2 Å². The molecule has 3 rings (SSSR count). The molecule has 1 saturated carbocycles. The Labute approximate surface area is 180 Å². The Balaban J connectivity index is 1.98. The van der Waals surface area contributed by atoms with Crippen LogP contribution in [0.15, 0.2) is 36.5 Å². The summed E-state index contributed by atoms with van der Waals surface area (Å²) < 4.78 is 52.8. The molecular weight excluding hydrogens is 447 g/mol. The number of alkyl halides is 4. The number of halogens is 6. The first kappa shape index (κ1) is 22.8. The quantitative estimate of drug-likeness (QED) is 0.462. The fourth-order valence-electron chi connectivity index (χ4n) is 3.57. The van der Waals surface area contributed by atoms with E-state index in [0.717, 1.165) is 12.1 Å². The van der Waals surface area contributed by atoms with Crippen LogP contribution in [0.1, 0.15) is 53.2 Å². The van der Waals surface area contributed by atoms with E-state index >= 15 is 0 Å². The number of aromatic nitrogens is 1. The average molecular weight is 465 g/mol. The van der Waals surface area contributed by atoms with Crippen LogP contribution < -0.4 is 5.32 Å². The molecule has 0 bridgehead atoms. The van der Waals surface area contributed by atoms with E-state index in [1.165, 1.54) is 12.3 Å². The van der Waals surface area contributed by atoms with Gasteiger partial charge in [0.1, 0.15) is 11.3 Å². The number of pyridine rings is 1. The van der Waals surface area contributed by atoms with Crippen LogP contribution in [-0.4, -0.2) is 27.8 Å². The predicted octanol–water partition coefficient (Wildman–Crippen LogP) is 5.52. The zero-order chi connectivity index (χ0) is 22.1. The number of hydrogen-bond donors (Lipinski definition) is 2. The van der Waals surface area contributed by atoms with Crippen molar-refractivity contribution in [3.05, 3.63) is 63.4 Å². The minimum atomic E-state index is -4.66. The minimum absolute atomic E-state index is 0.00809. The van der Waals surface area contributed by atoms with Gasteiger partial charge >= 0.3 is 6.18 Å². The molecule has 30 heavy (non-hydrogen) atoms. The molecule has 1 aliphatic carbocycles. The highest BCUT2D eigenvalue weighted by atomic mass is 35.5. The van der Waals surface area contributed by atoms with E-state index in [1.807, 2.05) is 0 Å². The fraction of sp³-hybridized carbons (Fsp3) is 0.400. The molecule has 4 nitrogen and oxygen atoms in total.